The minimum absolute atomic E-state index is 0. The molecule has 1 aromatic carbocycles. The zero-order chi connectivity index (χ0) is 21.2. The summed E-state index contributed by atoms with van der Waals surface area (Å²) in [5.41, 5.74) is 1.45. The number of nitrogens with zero attached hydrogens (tertiary/aromatic N) is 4. The summed E-state index contributed by atoms with van der Waals surface area (Å²) < 4.78 is 36.7. The van der Waals surface area contributed by atoms with E-state index in [9.17, 15) is 18.0 Å². The van der Waals surface area contributed by atoms with Gasteiger partial charge in [-0.3, -0.25) is 4.79 Å². The van der Waals surface area contributed by atoms with E-state index in [4.69, 9.17) is 25.3 Å². The van der Waals surface area contributed by atoms with Gasteiger partial charge in [-0.25, -0.2) is 0 Å². The Kier molecular flexibility index (Phi) is 12.3. The maximum atomic E-state index is 12.2. The number of rotatable bonds is 7. The van der Waals surface area contributed by atoms with Crippen LogP contribution in [0.3, 0.4) is 0 Å². The summed E-state index contributed by atoms with van der Waals surface area (Å²) in [5.74, 6) is 0. The molecule has 0 saturated carbocycles. The second-order valence-electron chi connectivity index (χ2n) is 5.18. The molecule has 0 aliphatic rings. The summed E-state index contributed by atoms with van der Waals surface area (Å²) in [6.45, 7) is 2.66. The average molecular weight is 494 g/mol. The smallest absolute Gasteiger partial charge is 0.741 e. The van der Waals surface area contributed by atoms with E-state index in [1.165, 1.54) is 0 Å². The van der Waals surface area contributed by atoms with Gasteiger partial charge in [0.15, 0.2) is 0 Å². The normalized spacial score (nSPS) is 13.6. The summed E-state index contributed by atoms with van der Waals surface area (Å²) in [4.78, 5) is 10.8. The Bertz CT molecular complexity index is 795. The topological polar surface area (TPSA) is 90.6 Å². The minimum Gasteiger partial charge on any atom is -0.741 e. The van der Waals surface area contributed by atoms with E-state index in [0.717, 1.165) is 0 Å². The van der Waals surface area contributed by atoms with Crippen molar-refractivity contribution < 1.29 is 35.0 Å². The fourth-order valence-corrected chi connectivity index (χ4v) is 2.02. The van der Waals surface area contributed by atoms with Crippen LogP contribution in [0.15, 0.2) is 44.7 Å². The third-order valence-corrected chi connectivity index (χ3v) is 3.41. The fraction of sp³-hybridized carbons (Fsp3) is 0.312. The van der Waals surface area contributed by atoms with Crippen molar-refractivity contribution in [2.24, 2.45) is 20.4 Å². The monoisotopic (exact) mass is 493 g/mol. The van der Waals surface area contributed by atoms with Gasteiger partial charge in [0, 0.05) is 17.7 Å². The van der Waals surface area contributed by atoms with E-state index in [-0.39, 0.29) is 27.9 Å². The molecule has 0 aliphatic heterocycles. The number of benzene rings is 1. The first-order chi connectivity index (χ1) is 13.2. The van der Waals surface area contributed by atoms with Crippen LogP contribution in [0.5, 0.6) is 0 Å². The second-order valence-corrected chi connectivity index (χ2v) is 5.96. The number of amidine groups is 2. The number of alkyl halides is 3. The number of nitrogens with one attached hydrogen (secondary N) is 2. The molecular weight excluding hydrogens is 477 g/mol. The van der Waals surface area contributed by atoms with Gasteiger partial charge in [-0.15, -0.1) is 5.10 Å². The quantitative estimate of drug-likeness (QED) is 0.152. The van der Waals surface area contributed by atoms with Crippen molar-refractivity contribution in [2.75, 3.05) is 13.1 Å². The number of carbonyl (C=O) groups excluding carboxylic acids is 1. The minimum atomic E-state index is -4.44. The third-order valence-electron chi connectivity index (χ3n) is 2.96. The van der Waals surface area contributed by atoms with E-state index < -0.39 is 17.9 Å². The predicted octanol–water partition coefficient (Wildman–Crippen LogP) is 2.14. The van der Waals surface area contributed by atoms with Crippen molar-refractivity contribution in [3.63, 3.8) is 0 Å². The molecule has 0 aromatic heterocycles. The molecule has 0 saturated heterocycles. The SMILES string of the molecule is CCNC([S-])=NN=C(C)C(=NN=C([S-])NCC(F)(F)F)c1ccc(C=O)cc1.[Cu+2]. The van der Waals surface area contributed by atoms with E-state index >= 15 is 0 Å². The Hall–Kier alpha value is -2.08. The molecule has 0 amide bonds. The number of aldehydes is 1. The first kappa shape index (κ1) is 26.9. The second kappa shape index (κ2) is 13.2. The van der Waals surface area contributed by atoms with Crippen LogP contribution < -0.4 is 10.6 Å². The zero-order valence-electron chi connectivity index (χ0n) is 15.2. The Morgan fingerprint density at radius 2 is 1.59 bits per heavy atom. The third kappa shape index (κ3) is 10.9. The number of carbonyl (C=O) groups is 1. The Balaban J connectivity index is 0.00000784. The summed E-state index contributed by atoms with van der Waals surface area (Å²) in [6.07, 6.45) is -3.76. The van der Waals surface area contributed by atoms with Crippen molar-refractivity contribution in [3.8, 4) is 0 Å². The number of hydrogen-bond donors (Lipinski definition) is 2. The van der Waals surface area contributed by atoms with Crippen molar-refractivity contribution in [2.45, 2.75) is 20.0 Å². The standard InChI is InChI=1S/C16H19F3N6OS2.Cu/c1-3-20-14(27)24-22-10(2)13(12-6-4-11(8-26)5-7-12)23-25-15(28)21-9-16(17,18)19;/h4-8H,3,9H2,1-2H3,(H2,20,24,27)(H2,21,25,28);/q;+2/p-2. The van der Waals surface area contributed by atoms with Crippen LogP contribution in [0.25, 0.3) is 0 Å². The molecule has 13 heteroatoms. The number of halogens is 3. The van der Waals surface area contributed by atoms with E-state index in [2.05, 4.69) is 25.7 Å². The van der Waals surface area contributed by atoms with Crippen LogP contribution >= 0.6 is 0 Å². The van der Waals surface area contributed by atoms with Crippen LogP contribution in [-0.2, 0) is 42.3 Å². The molecular formula is C16H17CuF3N6OS2. The van der Waals surface area contributed by atoms with Gasteiger partial charge in [0.05, 0.1) is 5.71 Å². The first-order valence-electron chi connectivity index (χ1n) is 7.88. The van der Waals surface area contributed by atoms with Crippen LogP contribution in [0.2, 0.25) is 0 Å². The first-order valence-corrected chi connectivity index (χ1v) is 8.70. The van der Waals surface area contributed by atoms with Gasteiger partial charge in [-0.1, -0.05) is 24.3 Å². The van der Waals surface area contributed by atoms with E-state index in [0.29, 0.717) is 29.7 Å². The van der Waals surface area contributed by atoms with Gasteiger partial charge in [-0.2, -0.15) is 28.5 Å². The summed E-state index contributed by atoms with van der Waals surface area (Å²) in [7, 11) is 0. The van der Waals surface area contributed by atoms with E-state index in [1.807, 2.05) is 12.2 Å². The number of hydrogen-bond acceptors (Lipinski definition) is 7. The van der Waals surface area contributed by atoms with Gasteiger partial charge in [-0.05, 0) is 24.2 Å². The van der Waals surface area contributed by atoms with Gasteiger partial charge < -0.3 is 35.9 Å². The molecule has 0 spiro atoms. The molecule has 1 rings (SSSR count). The van der Waals surface area contributed by atoms with Crippen molar-refractivity contribution >= 4 is 53.3 Å². The largest absolute Gasteiger partial charge is 2.00 e. The molecule has 0 heterocycles. The summed E-state index contributed by atoms with van der Waals surface area (Å²) in [6, 6.07) is 6.27. The van der Waals surface area contributed by atoms with Gasteiger partial charge >= 0.3 is 23.2 Å². The molecule has 1 aromatic rings. The molecule has 161 valence electrons. The van der Waals surface area contributed by atoms with Gasteiger partial charge in [0.25, 0.3) is 0 Å². The molecule has 29 heavy (non-hydrogen) atoms. The zero-order valence-corrected chi connectivity index (χ0v) is 17.8. The Morgan fingerprint density at radius 3 is 2.10 bits per heavy atom. The summed E-state index contributed by atoms with van der Waals surface area (Å²) >= 11 is 9.69. The fourth-order valence-electron chi connectivity index (χ4n) is 1.72. The molecule has 0 aliphatic carbocycles. The van der Waals surface area contributed by atoms with Crippen molar-refractivity contribution in [1.82, 2.24) is 10.6 Å². The predicted molar refractivity (Wildman–Crippen MR) is 109 cm³/mol. The molecule has 7 nitrogen and oxygen atoms in total. The Labute approximate surface area is 187 Å². The van der Waals surface area contributed by atoms with Crippen LogP contribution in [0.4, 0.5) is 13.2 Å². The maximum Gasteiger partial charge on any atom is 2.00 e. The molecule has 0 unspecified atom stereocenters. The molecule has 0 fully saturated rings. The molecule has 0 bridgehead atoms. The van der Waals surface area contributed by atoms with Crippen LogP contribution in [0.1, 0.15) is 29.8 Å². The van der Waals surface area contributed by atoms with Gasteiger partial charge in [0.1, 0.15) is 18.5 Å². The van der Waals surface area contributed by atoms with Crippen LogP contribution in [-0.4, -0.2) is 47.3 Å². The molecule has 2 N–H and O–H groups in total. The molecule has 0 atom stereocenters. The maximum absolute atomic E-state index is 12.2. The van der Waals surface area contributed by atoms with Gasteiger partial charge in [0.2, 0.25) is 0 Å². The molecule has 1 radical (unpaired) electrons. The van der Waals surface area contributed by atoms with E-state index in [1.54, 1.807) is 31.2 Å². The van der Waals surface area contributed by atoms with Crippen LogP contribution in [0, 0.1) is 0 Å². The Morgan fingerprint density at radius 1 is 1.03 bits per heavy atom. The summed E-state index contributed by atoms with van der Waals surface area (Å²) in [5, 5.41) is 19.7. The average Bonchev–Trinajstić information content (AvgIpc) is 2.65. The van der Waals surface area contributed by atoms with Crippen molar-refractivity contribution in [1.29, 1.82) is 0 Å². The van der Waals surface area contributed by atoms with Crippen molar-refractivity contribution in [3.05, 3.63) is 35.4 Å².